The van der Waals surface area contributed by atoms with E-state index in [9.17, 15) is 4.79 Å². The number of hydrogen-bond donors (Lipinski definition) is 2. The van der Waals surface area contributed by atoms with Crippen LogP contribution < -0.4 is 11.1 Å². The van der Waals surface area contributed by atoms with Crippen LogP contribution in [0, 0.1) is 13.8 Å². The van der Waals surface area contributed by atoms with Crippen molar-refractivity contribution in [1.29, 1.82) is 0 Å². The predicted octanol–water partition coefficient (Wildman–Crippen LogP) is 6.27. The molecule has 0 radical (unpaired) electrons. The second-order valence-electron chi connectivity index (χ2n) is 10.7. The molecule has 0 aliphatic carbocycles. The smallest absolute Gasteiger partial charge is 0.251 e. The zero-order valence-electron chi connectivity index (χ0n) is 25.5. The Bertz CT molecular complexity index is 1660. The summed E-state index contributed by atoms with van der Waals surface area (Å²) in [4.78, 5) is 18.1. The number of amides is 1. The summed E-state index contributed by atoms with van der Waals surface area (Å²) in [7, 11) is 0. The van der Waals surface area contributed by atoms with Crippen LogP contribution in [-0.2, 0) is 16.0 Å². The maximum Gasteiger partial charge on any atom is 0.251 e. The standard InChI is InChI=1S/C37H40N4O3/c1-27-10-6-8-14-32(27)34-35(33-15-9-7-11-28(33)2)41(36(40-34)30-12-4-3-5-13-30)26-29-16-18-31(19-17-29)37(42)39-21-23-44-25-24-43-22-20-38/h3-19H,20-26,38H2,1-2H3,(H,39,42). The van der Waals surface area contributed by atoms with Gasteiger partial charge in [0.2, 0.25) is 0 Å². The summed E-state index contributed by atoms with van der Waals surface area (Å²) >= 11 is 0. The van der Waals surface area contributed by atoms with Gasteiger partial charge in [-0.05, 0) is 42.7 Å². The molecule has 0 unspecified atom stereocenters. The quantitative estimate of drug-likeness (QED) is 0.149. The molecule has 4 aromatic carbocycles. The van der Waals surface area contributed by atoms with Gasteiger partial charge in [0.15, 0.2) is 0 Å². The van der Waals surface area contributed by atoms with Crippen LogP contribution >= 0.6 is 0 Å². The van der Waals surface area contributed by atoms with E-state index < -0.39 is 0 Å². The summed E-state index contributed by atoms with van der Waals surface area (Å²) in [5.41, 5.74) is 14.8. The maximum atomic E-state index is 12.8. The second kappa shape index (κ2) is 15.3. The van der Waals surface area contributed by atoms with Crippen LogP contribution in [0.1, 0.15) is 27.0 Å². The third kappa shape index (κ3) is 7.50. The molecule has 7 nitrogen and oxygen atoms in total. The first kappa shape index (κ1) is 30.9. The summed E-state index contributed by atoms with van der Waals surface area (Å²) in [6.45, 7) is 7.69. The summed E-state index contributed by atoms with van der Waals surface area (Å²) in [5.74, 6) is 0.770. The normalized spacial score (nSPS) is 11.1. The molecule has 3 N–H and O–H groups in total. The highest BCUT2D eigenvalue weighted by Gasteiger charge is 2.23. The van der Waals surface area contributed by atoms with E-state index in [1.807, 2.05) is 42.5 Å². The van der Waals surface area contributed by atoms with E-state index in [1.54, 1.807) is 0 Å². The van der Waals surface area contributed by atoms with Crippen LogP contribution in [0.15, 0.2) is 103 Å². The van der Waals surface area contributed by atoms with Crippen molar-refractivity contribution < 1.29 is 14.3 Å². The highest BCUT2D eigenvalue weighted by Crippen LogP contribution is 2.39. The summed E-state index contributed by atoms with van der Waals surface area (Å²) in [6.07, 6.45) is 0. The van der Waals surface area contributed by atoms with Gasteiger partial charge in [-0.2, -0.15) is 0 Å². The van der Waals surface area contributed by atoms with Crippen LogP contribution in [0.3, 0.4) is 0 Å². The van der Waals surface area contributed by atoms with E-state index in [4.69, 9.17) is 20.2 Å². The number of ether oxygens (including phenoxy) is 2. The fourth-order valence-corrected chi connectivity index (χ4v) is 5.24. The van der Waals surface area contributed by atoms with Crippen molar-refractivity contribution in [3.63, 3.8) is 0 Å². The molecule has 1 amide bonds. The zero-order valence-corrected chi connectivity index (χ0v) is 25.5. The lowest BCUT2D eigenvalue weighted by Crippen LogP contribution is -2.27. The number of nitrogens with zero attached hydrogens (tertiary/aromatic N) is 2. The highest BCUT2D eigenvalue weighted by atomic mass is 16.5. The Morgan fingerprint density at radius 1 is 0.750 bits per heavy atom. The lowest BCUT2D eigenvalue weighted by atomic mass is 9.98. The van der Waals surface area contributed by atoms with Gasteiger partial charge in [-0.15, -0.1) is 0 Å². The lowest BCUT2D eigenvalue weighted by molar-refractivity contribution is 0.0511. The number of nitrogens with two attached hydrogens (primary N) is 1. The Morgan fingerprint density at radius 3 is 2.02 bits per heavy atom. The molecule has 5 aromatic rings. The van der Waals surface area contributed by atoms with Crippen molar-refractivity contribution in [2.75, 3.05) is 39.5 Å². The Morgan fingerprint density at radius 2 is 1.36 bits per heavy atom. The molecule has 0 aliphatic heterocycles. The lowest BCUT2D eigenvalue weighted by Gasteiger charge is -2.16. The molecule has 0 aliphatic rings. The molecule has 1 heterocycles. The van der Waals surface area contributed by atoms with Crippen molar-refractivity contribution in [2.45, 2.75) is 20.4 Å². The molecule has 7 heteroatoms. The summed E-state index contributed by atoms with van der Waals surface area (Å²) < 4.78 is 13.1. The number of rotatable bonds is 14. The molecule has 0 spiro atoms. The van der Waals surface area contributed by atoms with Gasteiger partial charge in [0.25, 0.3) is 5.91 Å². The molecule has 1 aromatic heterocycles. The average Bonchev–Trinajstić information content (AvgIpc) is 3.41. The second-order valence-corrected chi connectivity index (χ2v) is 10.7. The number of hydrogen-bond acceptors (Lipinski definition) is 5. The minimum absolute atomic E-state index is 0.130. The number of carbonyl (C=O) groups excluding carboxylic acids is 1. The average molecular weight is 589 g/mol. The van der Waals surface area contributed by atoms with Gasteiger partial charge in [-0.25, -0.2) is 4.98 Å². The number of imidazole rings is 1. The van der Waals surface area contributed by atoms with E-state index in [1.165, 1.54) is 11.1 Å². The van der Waals surface area contributed by atoms with Crippen molar-refractivity contribution in [1.82, 2.24) is 14.9 Å². The minimum Gasteiger partial charge on any atom is -0.378 e. The van der Waals surface area contributed by atoms with Crippen LogP contribution in [0.4, 0.5) is 0 Å². The van der Waals surface area contributed by atoms with Gasteiger partial charge in [0.1, 0.15) is 5.82 Å². The number of benzene rings is 4. The van der Waals surface area contributed by atoms with Crippen molar-refractivity contribution in [3.05, 3.63) is 125 Å². The van der Waals surface area contributed by atoms with Crippen molar-refractivity contribution in [2.24, 2.45) is 5.73 Å². The number of aromatic nitrogens is 2. The molecule has 5 rings (SSSR count). The zero-order chi connectivity index (χ0) is 30.7. The third-order valence-corrected chi connectivity index (χ3v) is 7.52. The first-order valence-corrected chi connectivity index (χ1v) is 15.1. The van der Waals surface area contributed by atoms with Crippen LogP contribution in [0.2, 0.25) is 0 Å². The Hall–Kier alpha value is -4.56. The first-order chi connectivity index (χ1) is 21.6. The van der Waals surface area contributed by atoms with E-state index in [-0.39, 0.29) is 5.91 Å². The van der Waals surface area contributed by atoms with Gasteiger partial charge in [-0.1, -0.05) is 91.0 Å². The molecule has 226 valence electrons. The molecular formula is C37H40N4O3. The number of aryl methyl sites for hydroxylation is 2. The summed E-state index contributed by atoms with van der Waals surface area (Å²) in [5, 5.41) is 2.92. The highest BCUT2D eigenvalue weighted by molar-refractivity contribution is 5.94. The first-order valence-electron chi connectivity index (χ1n) is 15.1. The van der Waals surface area contributed by atoms with E-state index in [0.29, 0.717) is 51.6 Å². The monoisotopic (exact) mass is 588 g/mol. The largest absolute Gasteiger partial charge is 0.378 e. The molecule has 0 saturated heterocycles. The molecule has 0 bridgehead atoms. The fraction of sp³-hybridized carbons (Fsp3) is 0.243. The Balaban J connectivity index is 1.43. The minimum atomic E-state index is -0.130. The predicted molar refractivity (Wildman–Crippen MR) is 177 cm³/mol. The van der Waals surface area contributed by atoms with Crippen LogP contribution in [-0.4, -0.2) is 55.0 Å². The molecule has 0 saturated carbocycles. The van der Waals surface area contributed by atoms with E-state index in [0.717, 1.165) is 39.5 Å². The van der Waals surface area contributed by atoms with Gasteiger partial charge in [0, 0.05) is 41.9 Å². The topological polar surface area (TPSA) is 91.4 Å². The molecule has 0 fully saturated rings. The van der Waals surface area contributed by atoms with Crippen LogP contribution in [0.25, 0.3) is 33.9 Å². The summed E-state index contributed by atoms with van der Waals surface area (Å²) in [6, 6.07) is 35.0. The fourth-order valence-electron chi connectivity index (χ4n) is 5.24. The van der Waals surface area contributed by atoms with E-state index >= 15 is 0 Å². The Labute approximate surface area is 259 Å². The SMILES string of the molecule is Cc1ccccc1-c1nc(-c2ccccc2)n(Cc2ccc(C(=O)NCCOCCOCCN)cc2)c1-c1ccccc1C. The van der Waals surface area contributed by atoms with Gasteiger partial charge < -0.3 is 25.1 Å². The van der Waals surface area contributed by atoms with Crippen molar-refractivity contribution >= 4 is 5.91 Å². The van der Waals surface area contributed by atoms with Crippen LogP contribution in [0.5, 0.6) is 0 Å². The van der Waals surface area contributed by atoms with Gasteiger partial charge in [-0.3, -0.25) is 4.79 Å². The number of carbonyl (C=O) groups is 1. The molecular weight excluding hydrogens is 548 g/mol. The van der Waals surface area contributed by atoms with Gasteiger partial charge >= 0.3 is 0 Å². The Kier molecular flexibility index (Phi) is 10.7. The van der Waals surface area contributed by atoms with Gasteiger partial charge in [0.05, 0.1) is 37.8 Å². The third-order valence-electron chi connectivity index (χ3n) is 7.52. The van der Waals surface area contributed by atoms with E-state index in [2.05, 4.69) is 84.4 Å². The molecule has 0 atom stereocenters. The molecule has 44 heavy (non-hydrogen) atoms. The van der Waals surface area contributed by atoms with Crippen molar-refractivity contribution in [3.8, 4) is 33.9 Å². The number of nitrogens with one attached hydrogen (secondary N) is 1. The maximum absolute atomic E-state index is 12.8.